The number of benzene rings is 1. The highest BCUT2D eigenvalue weighted by atomic mass is 35.5. The lowest BCUT2D eigenvalue weighted by Gasteiger charge is -2.42. The van der Waals surface area contributed by atoms with E-state index >= 15 is 0 Å². The van der Waals surface area contributed by atoms with Crippen LogP contribution in [0.2, 0.25) is 5.02 Å². The van der Waals surface area contributed by atoms with Crippen molar-refractivity contribution < 1.29 is 9.53 Å². The molecule has 1 heterocycles. The molecule has 98 valence electrons. The first-order chi connectivity index (χ1) is 8.43. The van der Waals surface area contributed by atoms with E-state index in [1.54, 1.807) is 23.1 Å². The summed E-state index contributed by atoms with van der Waals surface area (Å²) in [7, 11) is 0. The second-order valence-electron chi connectivity index (χ2n) is 5.02. The molecule has 0 aromatic heterocycles. The number of nitrogens with two attached hydrogens (primary N) is 1. The quantitative estimate of drug-likeness (QED) is 0.794. The summed E-state index contributed by atoms with van der Waals surface area (Å²) in [6.07, 6.45) is 0. The van der Waals surface area contributed by atoms with Crippen LogP contribution >= 0.6 is 11.6 Å². The lowest BCUT2D eigenvalue weighted by molar-refractivity contribution is -0.0370. The molecule has 18 heavy (non-hydrogen) atoms. The third kappa shape index (κ3) is 2.31. The molecule has 0 radical (unpaired) electrons. The van der Waals surface area contributed by atoms with Crippen LogP contribution in [0.15, 0.2) is 18.2 Å². The fraction of sp³-hybridized carbons (Fsp3) is 0.462. The number of anilines is 1. The Hall–Kier alpha value is -1.26. The predicted octanol–water partition coefficient (Wildman–Crippen LogP) is 2.17. The van der Waals surface area contributed by atoms with Crippen molar-refractivity contribution in [2.75, 3.05) is 25.5 Å². The van der Waals surface area contributed by atoms with Gasteiger partial charge in [0.25, 0.3) is 5.91 Å². The Morgan fingerprint density at radius 2 is 2.22 bits per heavy atom. The molecule has 0 bridgehead atoms. The van der Waals surface area contributed by atoms with E-state index in [0.29, 0.717) is 36.0 Å². The lowest BCUT2D eigenvalue weighted by atomic mass is 10.0. The van der Waals surface area contributed by atoms with E-state index in [1.807, 2.05) is 13.8 Å². The average molecular weight is 269 g/mol. The Balaban J connectivity index is 2.33. The first-order valence-corrected chi connectivity index (χ1v) is 6.25. The molecule has 5 heteroatoms. The number of hydrogen-bond acceptors (Lipinski definition) is 3. The molecule has 1 aromatic rings. The topological polar surface area (TPSA) is 55.6 Å². The van der Waals surface area contributed by atoms with Gasteiger partial charge in [-0.25, -0.2) is 0 Å². The van der Waals surface area contributed by atoms with E-state index in [0.717, 1.165) is 0 Å². The van der Waals surface area contributed by atoms with Crippen LogP contribution in [0.1, 0.15) is 24.2 Å². The fourth-order valence-corrected chi connectivity index (χ4v) is 2.28. The first-order valence-electron chi connectivity index (χ1n) is 5.87. The third-order valence-electron chi connectivity index (χ3n) is 3.17. The van der Waals surface area contributed by atoms with E-state index in [-0.39, 0.29) is 11.4 Å². The molecule has 4 nitrogen and oxygen atoms in total. The maximum absolute atomic E-state index is 12.5. The summed E-state index contributed by atoms with van der Waals surface area (Å²) in [4.78, 5) is 14.3. The average Bonchev–Trinajstić information content (AvgIpc) is 2.31. The van der Waals surface area contributed by atoms with Gasteiger partial charge in [0.05, 0.1) is 35.0 Å². The molecule has 1 saturated heterocycles. The number of carbonyl (C=O) groups is 1. The number of morpholine rings is 1. The van der Waals surface area contributed by atoms with Crippen LogP contribution in [-0.2, 0) is 4.74 Å². The molecule has 1 aliphatic rings. The summed E-state index contributed by atoms with van der Waals surface area (Å²) in [5.41, 5.74) is 6.33. The zero-order valence-electron chi connectivity index (χ0n) is 10.6. The summed E-state index contributed by atoms with van der Waals surface area (Å²) in [6, 6.07) is 5.12. The highest BCUT2D eigenvalue weighted by molar-refractivity contribution is 6.33. The maximum atomic E-state index is 12.5. The van der Waals surface area contributed by atoms with E-state index in [2.05, 4.69) is 0 Å². The second-order valence-corrected chi connectivity index (χ2v) is 5.43. The van der Waals surface area contributed by atoms with Gasteiger partial charge in [0.15, 0.2) is 0 Å². The number of carbonyl (C=O) groups excluding carboxylic acids is 1. The Labute approximate surface area is 112 Å². The van der Waals surface area contributed by atoms with E-state index in [1.165, 1.54) is 0 Å². The summed E-state index contributed by atoms with van der Waals surface area (Å²) in [6.45, 7) is 5.60. The Morgan fingerprint density at radius 3 is 2.89 bits per heavy atom. The van der Waals surface area contributed by atoms with Gasteiger partial charge in [-0.3, -0.25) is 4.79 Å². The molecule has 1 fully saturated rings. The van der Waals surface area contributed by atoms with Crippen LogP contribution in [0.25, 0.3) is 0 Å². The van der Waals surface area contributed by atoms with Gasteiger partial charge in [0.1, 0.15) is 0 Å². The normalized spacial score (nSPS) is 18.7. The number of hydrogen-bond donors (Lipinski definition) is 1. The Kier molecular flexibility index (Phi) is 3.50. The van der Waals surface area contributed by atoms with Crippen LogP contribution in [-0.4, -0.2) is 36.1 Å². The number of nitrogen functional groups attached to an aromatic ring is 1. The minimum Gasteiger partial charge on any atom is -0.397 e. The number of amides is 1. The minimum absolute atomic E-state index is 0.0942. The molecule has 0 spiro atoms. The van der Waals surface area contributed by atoms with Crippen LogP contribution in [0.4, 0.5) is 5.69 Å². The van der Waals surface area contributed by atoms with Crippen LogP contribution in [0, 0.1) is 0 Å². The van der Waals surface area contributed by atoms with Crippen LogP contribution in [0.3, 0.4) is 0 Å². The van der Waals surface area contributed by atoms with Gasteiger partial charge >= 0.3 is 0 Å². The van der Waals surface area contributed by atoms with Gasteiger partial charge in [0.2, 0.25) is 0 Å². The van der Waals surface area contributed by atoms with Gasteiger partial charge in [0, 0.05) is 6.54 Å². The first kappa shape index (κ1) is 13.2. The van der Waals surface area contributed by atoms with Gasteiger partial charge in [-0.05, 0) is 26.0 Å². The molecule has 1 aliphatic heterocycles. The highest BCUT2D eigenvalue weighted by Crippen LogP contribution is 2.27. The van der Waals surface area contributed by atoms with Gasteiger partial charge in [-0.2, -0.15) is 0 Å². The summed E-state index contributed by atoms with van der Waals surface area (Å²) in [5, 5.41) is 0.409. The molecule has 0 unspecified atom stereocenters. The van der Waals surface area contributed by atoms with Crippen molar-refractivity contribution in [2.24, 2.45) is 0 Å². The fourth-order valence-electron chi connectivity index (χ4n) is 2.10. The number of nitrogens with zero attached hydrogens (tertiary/aromatic N) is 1. The molecule has 0 aliphatic carbocycles. The molecular formula is C13H17ClN2O2. The van der Waals surface area contributed by atoms with E-state index in [4.69, 9.17) is 22.1 Å². The summed E-state index contributed by atoms with van der Waals surface area (Å²) < 4.78 is 5.40. The SMILES string of the molecule is CC1(C)COCCN1C(=O)c1cccc(Cl)c1N. The lowest BCUT2D eigenvalue weighted by Crippen LogP contribution is -2.55. The zero-order chi connectivity index (χ0) is 13.3. The van der Waals surface area contributed by atoms with E-state index < -0.39 is 0 Å². The number of halogens is 1. The van der Waals surface area contributed by atoms with Crippen molar-refractivity contribution in [1.29, 1.82) is 0 Å². The second kappa shape index (κ2) is 4.78. The molecule has 1 amide bonds. The Bertz CT molecular complexity index is 474. The van der Waals surface area contributed by atoms with Crippen LogP contribution < -0.4 is 5.73 Å². The predicted molar refractivity (Wildman–Crippen MR) is 71.8 cm³/mol. The Morgan fingerprint density at radius 1 is 1.50 bits per heavy atom. The molecule has 2 rings (SSSR count). The minimum atomic E-state index is -0.329. The van der Waals surface area contributed by atoms with Crippen LogP contribution in [0.5, 0.6) is 0 Å². The summed E-state index contributed by atoms with van der Waals surface area (Å²) in [5.74, 6) is -0.0942. The molecule has 0 saturated carbocycles. The zero-order valence-corrected chi connectivity index (χ0v) is 11.3. The van der Waals surface area contributed by atoms with Crippen molar-refractivity contribution in [3.05, 3.63) is 28.8 Å². The number of ether oxygens (including phenoxy) is 1. The molecule has 1 aromatic carbocycles. The highest BCUT2D eigenvalue weighted by Gasteiger charge is 2.35. The van der Waals surface area contributed by atoms with Crippen molar-refractivity contribution in [3.8, 4) is 0 Å². The van der Waals surface area contributed by atoms with Gasteiger partial charge < -0.3 is 15.4 Å². The number of para-hydroxylation sites is 1. The third-order valence-corrected chi connectivity index (χ3v) is 3.50. The maximum Gasteiger partial charge on any atom is 0.256 e. The van der Waals surface area contributed by atoms with Crippen molar-refractivity contribution in [1.82, 2.24) is 4.90 Å². The molecule has 2 N–H and O–H groups in total. The van der Waals surface area contributed by atoms with Crippen molar-refractivity contribution in [2.45, 2.75) is 19.4 Å². The standard InChI is InChI=1S/C13H17ClN2O2/c1-13(2)8-18-7-6-16(13)12(17)9-4-3-5-10(14)11(9)15/h3-5H,6-8,15H2,1-2H3. The largest absolute Gasteiger partial charge is 0.397 e. The van der Waals surface area contributed by atoms with E-state index in [9.17, 15) is 4.79 Å². The van der Waals surface area contributed by atoms with Gasteiger partial charge in [-0.15, -0.1) is 0 Å². The van der Waals surface area contributed by atoms with Crippen molar-refractivity contribution >= 4 is 23.2 Å². The molecule has 0 atom stereocenters. The number of rotatable bonds is 1. The van der Waals surface area contributed by atoms with Crippen molar-refractivity contribution in [3.63, 3.8) is 0 Å². The smallest absolute Gasteiger partial charge is 0.256 e. The molecular weight excluding hydrogens is 252 g/mol. The summed E-state index contributed by atoms with van der Waals surface area (Å²) >= 11 is 5.95. The van der Waals surface area contributed by atoms with Gasteiger partial charge in [-0.1, -0.05) is 17.7 Å². The monoisotopic (exact) mass is 268 g/mol.